The van der Waals surface area contributed by atoms with Crippen LogP contribution in [0.3, 0.4) is 0 Å². The van der Waals surface area contributed by atoms with E-state index in [2.05, 4.69) is 10.6 Å². The second-order valence-corrected chi connectivity index (χ2v) is 7.18. The fourth-order valence-electron chi connectivity index (χ4n) is 3.76. The number of nitrogens with two attached hydrogens (primary N) is 1. The first-order valence-corrected chi connectivity index (χ1v) is 8.81. The molecule has 8 nitrogen and oxygen atoms in total. The van der Waals surface area contributed by atoms with Gasteiger partial charge >= 0.3 is 0 Å². The lowest BCUT2D eigenvalue weighted by Crippen LogP contribution is -2.64. The highest BCUT2D eigenvalue weighted by atomic mass is 16.5. The maximum absolute atomic E-state index is 13.0. The molecule has 3 aliphatic rings. The molecule has 2 saturated heterocycles. The minimum absolute atomic E-state index is 0.154. The van der Waals surface area contributed by atoms with Gasteiger partial charge < -0.3 is 20.7 Å². The summed E-state index contributed by atoms with van der Waals surface area (Å²) < 4.78 is 5.26. The molecule has 3 amide bonds. The molecule has 3 heterocycles. The van der Waals surface area contributed by atoms with Crippen LogP contribution in [0.15, 0.2) is 18.2 Å². The number of ether oxygens (including phenoxy) is 1. The Morgan fingerprint density at radius 3 is 2.77 bits per heavy atom. The number of benzene rings is 1. The van der Waals surface area contributed by atoms with E-state index in [-0.39, 0.29) is 23.8 Å². The van der Waals surface area contributed by atoms with Crippen LogP contribution >= 0.6 is 0 Å². The van der Waals surface area contributed by atoms with Crippen molar-refractivity contribution in [2.24, 2.45) is 5.73 Å². The summed E-state index contributed by atoms with van der Waals surface area (Å²) in [5.74, 6) is -0.829. The van der Waals surface area contributed by atoms with Crippen LogP contribution in [-0.4, -0.2) is 54.0 Å². The van der Waals surface area contributed by atoms with Crippen molar-refractivity contribution in [1.82, 2.24) is 15.5 Å². The van der Waals surface area contributed by atoms with Crippen molar-refractivity contribution in [2.45, 2.75) is 37.5 Å². The summed E-state index contributed by atoms with van der Waals surface area (Å²) in [5.41, 5.74) is 8.05. The molecule has 138 valence electrons. The third-order valence-corrected chi connectivity index (χ3v) is 5.44. The Kier molecular flexibility index (Phi) is 4.26. The Labute approximate surface area is 151 Å². The summed E-state index contributed by atoms with van der Waals surface area (Å²) in [6.07, 6.45) is 0.621. The Hall–Kier alpha value is -2.29. The Morgan fingerprint density at radius 1 is 1.31 bits per heavy atom. The monoisotopic (exact) mass is 358 g/mol. The van der Waals surface area contributed by atoms with E-state index in [1.165, 1.54) is 0 Å². The van der Waals surface area contributed by atoms with E-state index in [1.807, 2.05) is 18.2 Å². The summed E-state index contributed by atoms with van der Waals surface area (Å²) >= 11 is 0. The van der Waals surface area contributed by atoms with Gasteiger partial charge in [-0.15, -0.1) is 0 Å². The van der Waals surface area contributed by atoms with E-state index in [0.717, 1.165) is 11.1 Å². The zero-order valence-electron chi connectivity index (χ0n) is 14.4. The minimum atomic E-state index is -0.594. The molecule has 1 aromatic carbocycles. The summed E-state index contributed by atoms with van der Waals surface area (Å²) in [5, 5.41) is 5.74. The van der Waals surface area contributed by atoms with Crippen LogP contribution in [-0.2, 0) is 27.4 Å². The SMILES string of the molecule is NCC1(NCc2cccc3c2C(=O)N(C2CCC(=O)NC2=O)C3)COC1. The molecule has 0 bridgehead atoms. The Morgan fingerprint density at radius 2 is 2.12 bits per heavy atom. The number of fused-ring (bicyclic) bond motifs is 1. The minimum Gasteiger partial charge on any atom is -0.377 e. The molecule has 0 saturated carbocycles. The molecule has 4 N–H and O–H groups in total. The average Bonchev–Trinajstić information content (AvgIpc) is 2.92. The van der Waals surface area contributed by atoms with Gasteiger partial charge in [0.25, 0.3) is 5.91 Å². The lowest BCUT2D eigenvalue weighted by molar-refractivity contribution is -0.136. The zero-order valence-corrected chi connectivity index (χ0v) is 14.4. The molecule has 1 aromatic rings. The van der Waals surface area contributed by atoms with Gasteiger partial charge in [-0.2, -0.15) is 0 Å². The van der Waals surface area contributed by atoms with Gasteiger partial charge in [0.05, 0.1) is 18.8 Å². The van der Waals surface area contributed by atoms with Crippen LogP contribution in [0.5, 0.6) is 0 Å². The number of carbonyl (C=O) groups is 3. The van der Waals surface area contributed by atoms with Crippen LogP contribution in [0.2, 0.25) is 0 Å². The van der Waals surface area contributed by atoms with Crippen LogP contribution in [0.25, 0.3) is 0 Å². The van der Waals surface area contributed by atoms with Crippen LogP contribution in [0, 0.1) is 0 Å². The van der Waals surface area contributed by atoms with Crippen molar-refractivity contribution in [3.63, 3.8) is 0 Å². The van der Waals surface area contributed by atoms with Crippen LogP contribution < -0.4 is 16.4 Å². The number of rotatable bonds is 5. The topological polar surface area (TPSA) is 114 Å². The first-order chi connectivity index (χ1) is 12.5. The Bertz CT molecular complexity index is 769. The summed E-state index contributed by atoms with van der Waals surface area (Å²) in [4.78, 5) is 38.1. The number of carbonyl (C=O) groups excluding carboxylic acids is 3. The third kappa shape index (κ3) is 2.80. The van der Waals surface area contributed by atoms with Crippen molar-refractivity contribution in [1.29, 1.82) is 0 Å². The van der Waals surface area contributed by atoms with E-state index in [9.17, 15) is 14.4 Å². The van der Waals surface area contributed by atoms with Gasteiger partial charge in [0.2, 0.25) is 11.8 Å². The normalized spacial score (nSPS) is 24.3. The van der Waals surface area contributed by atoms with Gasteiger partial charge in [-0.3, -0.25) is 19.7 Å². The maximum Gasteiger partial charge on any atom is 0.255 e. The number of imide groups is 1. The number of nitrogens with zero attached hydrogens (tertiary/aromatic N) is 1. The van der Waals surface area contributed by atoms with E-state index in [4.69, 9.17) is 10.5 Å². The standard InChI is InChI=1S/C18H22N4O4/c19-8-18(9-26-10-18)20-6-11-2-1-3-12-7-22(17(25)15(11)12)13-4-5-14(23)21-16(13)24/h1-3,13,20H,4-10,19H2,(H,21,23,24). The zero-order chi connectivity index (χ0) is 18.3. The molecular formula is C18H22N4O4. The lowest BCUT2D eigenvalue weighted by Gasteiger charge is -2.41. The molecule has 0 radical (unpaired) electrons. The highest BCUT2D eigenvalue weighted by molar-refractivity contribution is 6.05. The highest BCUT2D eigenvalue weighted by Crippen LogP contribution is 2.30. The number of hydrogen-bond donors (Lipinski definition) is 3. The van der Waals surface area contributed by atoms with Gasteiger partial charge in [-0.1, -0.05) is 18.2 Å². The summed E-state index contributed by atoms with van der Waals surface area (Å²) in [6.45, 7) is 2.50. The van der Waals surface area contributed by atoms with Crippen molar-refractivity contribution in [3.8, 4) is 0 Å². The highest BCUT2D eigenvalue weighted by Gasteiger charge is 2.41. The third-order valence-electron chi connectivity index (χ3n) is 5.44. The lowest BCUT2D eigenvalue weighted by atomic mass is 9.96. The van der Waals surface area contributed by atoms with Gasteiger partial charge in [-0.05, 0) is 17.5 Å². The quantitative estimate of drug-likeness (QED) is 0.598. The average molecular weight is 358 g/mol. The fourth-order valence-corrected chi connectivity index (χ4v) is 3.76. The molecular weight excluding hydrogens is 336 g/mol. The number of hydrogen-bond acceptors (Lipinski definition) is 6. The predicted octanol–water partition coefficient (Wildman–Crippen LogP) is -0.735. The molecule has 2 fully saturated rings. The van der Waals surface area contributed by atoms with Gasteiger partial charge in [0.1, 0.15) is 6.04 Å². The van der Waals surface area contributed by atoms with Crippen molar-refractivity contribution < 1.29 is 19.1 Å². The molecule has 3 aliphatic heterocycles. The van der Waals surface area contributed by atoms with Gasteiger partial charge in [-0.25, -0.2) is 0 Å². The molecule has 4 rings (SSSR count). The summed E-state index contributed by atoms with van der Waals surface area (Å²) in [6, 6.07) is 5.16. The van der Waals surface area contributed by atoms with Crippen molar-refractivity contribution in [3.05, 3.63) is 34.9 Å². The van der Waals surface area contributed by atoms with Crippen LogP contribution in [0.4, 0.5) is 0 Å². The fraction of sp³-hybridized carbons (Fsp3) is 0.500. The molecule has 1 unspecified atom stereocenters. The second-order valence-electron chi connectivity index (χ2n) is 7.18. The molecule has 0 aliphatic carbocycles. The van der Waals surface area contributed by atoms with E-state index in [1.54, 1.807) is 4.90 Å². The first-order valence-electron chi connectivity index (χ1n) is 8.81. The Balaban J connectivity index is 1.53. The number of amides is 3. The molecule has 1 atom stereocenters. The van der Waals surface area contributed by atoms with E-state index in [0.29, 0.717) is 44.8 Å². The van der Waals surface area contributed by atoms with Crippen molar-refractivity contribution >= 4 is 17.7 Å². The van der Waals surface area contributed by atoms with Gasteiger partial charge in [0.15, 0.2) is 0 Å². The maximum atomic E-state index is 13.0. The first kappa shape index (κ1) is 17.1. The molecule has 26 heavy (non-hydrogen) atoms. The molecule has 0 aromatic heterocycles. The smallest absolute Gasteiger partial charge is 0.255 e. The van der Waals surface area contributed by atoms with E-state index >= 15 is 0 Å². The second kappa shape index (κ2) is 6.46. The molecule has 0 spiro atoms. The van der Waals surface area contributed by atoms with Crippen LogP contribution in [0.1, 0.15) is 34.3 Å². The van der Waals surface area contributed by atoms with E-state index < -0.39 is 11.9 Å². The largest absolute Gasteiger partial charge is 0.377 e. The summed E-state index contributed by atoms with van der Waals surface area (Å²) in [7, 11) is 0. The number of piperidine rings is 1. The van der Waals surface area contributed by atoms with Gasteiger partial charge in [0, 0.05) is 31.6 Å². The predicted molar refractivity (Wildman–Crippen MR) is 91.9 cm³/mol. The molecule has 8 heteroatoms. The van der Waals surface area contributed by atoms with Crippen molar-refractivity contribution in [2.75, 3.05) is 19.8 Å². The number of nitrogens with one attached hydrogen (secondary N) is 2.